The first-order valence-electron chi connectivity index (χ1n) is 7.54. The second kappa shape index (κ2) is 6.62. The van der Waals surface area contributed by atoms with Gasteiger partial charge in [-0.2, -0.15) is 17.9 Å². The number of hydrogen-bond donors (Lipinski definition) is 3. The van der Waals surface area contributed by atoms with Crippen molar-refractivity contribution in [2.75, 3.05) is 12.4 Å². The van der Waals surface area contributed by atoms with Crippen LogP contribution in [-0.4, -0.2) is 23.9 Å². The van der Waals surface area contributed by atoms with Gasteiger partial charge in [-0.1, -0.05) is 12.1 Å². The SMILES string of the molecule is COc1ccc(C2Nc3cc(C(F)(F)F)c(S(N)(=O)=O)cc3S(=O)(=O)N2)cc1. The maximum Gasteiger partial charge on any atom is 0.417 e. The summed E-state index contributed by atoms with van der Waals surface area (Å²) >= 11 is 0. The van der Waals surface area contributed by atoms with E-state index in [4.69, 9.17) is 9.88 Å². The fraction of sp³-hybridized carbons (Fsp3) is 0.200. The van der Waals surface area contributed by atoms with Crippen molar-refractivity contribution in [1.82, 2.24) is 4.72 Å². The number of rotatable bonds is 3. The number of fused-ring (bicyclic) bond motifs is 1. The van der Waals surface area contributed by atoms with E-state index in [1.54, 1.807) is 12.1 Å². The van der Waals surface area contributed by atoms with Crippen molar-refractivity contribution in [3.05, 3.63) is 47.5 Å². The summed E-state index contributed by atoms with van der Waals surface area (Å²) in [5.41, 5.74) is -1.56. The third kappa shape index (κ3) is 3.78. The summed E-state index contributed by atoms with van der Waals surface area (Å²) < 4.78 is 95.4. The largest absolute Gasteiger partial charge is 0.497 e. The van der Waals surface area contributed by atoms with E-state index in [1.807, 2.05) is 0 Å². The first-order chi connectivity index (χ1) is 12.8. The molecule has 1 aliphatic heterocycles. The van der Waals surface area contributed by atoms with Crippen molar-refractivity contribution in [3.8, 4) is 5.75 Å². The number of benzene rings is 2. The summed E-state index contributed by atoms with van der Waals surface area (Å²) in [6, 6.07) is 6.95. The number of nitrogens with two attached hydrogens (primary N) is 1. The molecule has 3 rings (SSSR count). The van der Waals surface area contributed by atoms with Gasteiger partial charge >= 0.3 is 6.18 Å². The number of alkyl halides is 3. The van der Waals surface area contributed by atoms with Crippen molar-refractivity contribution >= 4 is 25.7 Å². The van der Waals surface area contributed by atoms with Crippen LogP contribution in [0.1, 0.15) is 17.3 Å². The minimum atomic E-state index is -5.07. The number of sulfonamides is 2. The molecule has 13 heteroatoms. The minimum absolute atomic E-state index is 0.396. The predicted octanol–water partition coefficient (Wildman–Crippen LogP) is 1.76. The monoisotopic (exact) mass is 437 g/mol. The van der Waals surface area contributed by atoms with Gasteiger partial charge in [0.1, 0.15) is 16.8 Å². The molecule has 1 heterocycles. The molecule has 152 valence electrons. The topological polar surface area (TPSA) is 128 Å². The Morgan fingerprint density at radius 3 is 2.25 bits per heavy atom. The van der Waals surface area contributed by atoms with Crippen LogP contribution >= 0.6 is 0 Å². The second-order valence-corrected chi connectivity index (χ2v) is 9.07. The Hall–Kier alpha value is -2.35. The molecule has 4 N–H and O–H groups in total. The molecule has 0 spiro atoms. The first kappa shape index (κ1) is 20.4. The highest BCUT2D eigenvalue weighted by Gasteiger charge is 2.40. The molecule has 0 bridgehead atoms. The van der Waals surface area contributed by atoms with E-state index < -0.39 is 53.4 Å². The van der Waals surface area contributed by atoms with Gasteiger partial charge in [0.05, 0.1) is 23.3 Å². The fourth-order valence-electron chi connectivity index (χ4n) is 2.70. The van der Waals surface area contributed by atoms with E-state index in [1.165, 1.54) is 19.2 Å². The number of anilines is 1. The zero-order valence-electron chi connectivity index (χ0n) is 14.1. The molecule has 0 aliphatic carbocycles. The van der Waals surface area contributed by atoms with Gasteiger partial charge in [0.15, 0.2) is 0 Å². The lowest BCUT2D eigenvalue weighted by Crippen LogP contribution is -2.38. The number of primary sulfonamides is 1. The molecular weight excluding hydrogens is 423 g/mol. The summed E-state index contributed by atoms with van der Waals surface area (Å²) in [7, 11) is -7.72. The van der Waals surface area contributed by atoms with E-state index in [9.17, 15) is 30.0 Å². The van der Waals surface area contributed by atoms with Gasteiger partial charge in [0.25, 0.3) is 0 Å². The Labute approximate surface area is 158 Å². The minimum Gasteiger partial charge on any atom is -0.497 e. The van der Waals surface area contributed by atoms with Crippen LogP contribution in [0.5, 0.6) is 5.75 Å². The molecular formula is C15H14F3N3O5S2. The number of hydrogen-bond acceptors (Lipinski definition) is 6. The molecule has 0 saturated carbocycles. The lowest BCUT2D eigenvalue weighted by molar-refractivity contribution is -0.139. The van der Waals surface area contributed by atoms with Gasteiger partial charge in [-0.3, -0.25) is 0 Å². The van der Waals surface area contributed by atoms with Crippen LogP contribution in [0.4, 0.5) is 18.9 Å². The van der Waals surface area contributed by atoms with Crippen molar-refractivity contribution in [1.29, 1.82) is 0 Å². The van der Waals surface area contributed by atoms with Gasteiger partial charge in [0.2, 0.25) is 20.0 Å². The molecule has 2 aromatic rings. The third-order valence-electron chi connectivity index (χ3n) is 4.01. The molecule has 2 aromatic carbocycles. The average Bonchev–Trinajstić information content (AvgIpc) is 2.58. The summed E-state index contributed by atoms with van der Waals surface area (Å²) in [4.78, 5) is -1.98. The van der Waals surface area contributed by atoms with E-state index in [0.29, 0.717) is 23.4 Å². The maximum atomic E-state index is 13.3. The molecule has 8 nitrogen and oxygen atoms in total. The smallest absolute Gasteiger partial charge is 0.417 e. The van der Waals surface area contributed by atoms with Gasteiger partial charge in [-0.15, -0.1) is 0 Å². The summed E-state index contributed by atoms with van der Waals surface area (Å²) in [5, 5.41) is 7.48. The highest BCUT2D eigenvalue weighted by molar-refractivity contribution is 7.90. The van der Waals surface area contributed by atoms with Crippen molar-refractivity contribution < 1.29 is 34.7 Å². The average molecular weight is 437 g/mol. The molecule has 0 aromatic heterocycles. The normalized spacial score (nSPS) is 18.8. The lowest BCUT2D eigenvalue weighted by Gasteiger charge is -2.29. The van der Waals surface area contributed by atoms with Gasteiger partial charge < -0.3 is 10.1 Å². The molecule has 1 aliphatic rings. The highest BCUT2D eigenvalue weighted by atomic mass is 32.2. The molecule has 1 unspecified atom stereocenters. The van der Waals surface area contributed by atoms with E-state index in [-0.39, 0.29) is 0 Å². The molecule has 0 saturated heterocycles. The fourth-order valence-corrected chi connectivity index (χ4v) is 4.86. The molecule has 28 heavy (non-hydrogen) atoms. The van der Waals surface area contributed by atoms with Crippen LogP contribution in [0.2, 0.25) is 0 Å². The second-order valence-electron chi connectivity index (χ2n) is 5.86. The lowest BCUT2D eigenvalue weighted by atomic mass is 10.1. The quantitative estimate of drug-likeness (QED) is 0.672. The highest BCUT2D eigenvalue weighted by Crippen LogP contribution is 2.41. The Kier molecular flexibility index (Phi) is 4.82. The predicted molar refractivity (Wildman–Crippen MR) is 92.5 cm³/mol. The van der Waals surface area contributed by atoms with E-state index >= 15 is 0 Å². The Balaban J connectivity index is 2.16. The third-order valence-corrected chi connectivity index (χ3v) is 6.42. The van der Waals surface area contributed by atoms with Crippen LogP contribution in [0, 0.1) is 0 Å². The summed E-state index contributed by atoms with van der Waals surface area (Å²) in [5.74, 6) is 0.500. The number of ether oxygens (including phenoxy) is 1. The molecule has 0 fully saturated rings. The molecule has 0 radical (unpaired) electrons. The first-order valence-corrected chi connectivity index (χ1v) is 10.6. The number of halogens is 3. The van der Waals surface area contributed by atoms with Crippen LogP contribution < -0.4 is 19.9 Å². The maximum absolute atomic E-state index is 13.3. The molecule has 1 atom stereocenters. The Morgan fingerprint density at radius 2 is 1.75 bits per heavy atom. The van der Waals surface area contributed by atoms with Crippen LogP contribution in [-0.2, 0) is 26.2 Å². The van der Waals surface area contributed by atoms with Gasteiger partial charge in [-0.05, 0) is 29.8 Å². The van der Waals surface area contributed by atoms with E-state index in [0.717, 1.165) is 0 Å². The Bertz CT molecular complexity index is 1130. The van der Waals surface area contributed by atoms with Crippen LogP contribution in [0.25, 0.3) is 0 Å². The summed E-state index contributed by atoms with van der Waals surface area (Å²) in [6.45, 7) is 0. The van der Waals surface area contributed by atoms with Crippen molar-refractivity contribution in [3.63, 3.8) is 0 Å². The van der Waals surface area contributed by atoms with Gasteiger partial charge in [0, 0.05) is 0 Å². The number of methoxy groups -OCH3 is 1. The van der Waals surface area contributed by atoms with Crippen molar-refractivity contribution in [2.45, 2.75) is 22.1 Å². The molecule has 0 amide bonds. The van der Waals surface area contributed by atoms with Gasteiger partial charge in [-0.25, -0.2) is 22.0 Å². The van der Waals surface area contributed by atoms with Crippen LogP contribution in [0.3, 0.4) is 0 Å². The summed E-state index contributed by atoms with van der Waals surface area (Å²) in [6.07, 6.45) is -6.15. The zero-order chi connectivity index (χ0) is 20.9. The zero-order valence-corrected chi connectivity index (χ0v) is 15.7. The van der Waals surface area contributed by atoms with E-state index in [2.05, 4.69) is 10.0 Å². The number of nitrogens with one attached hydrogen (secondary N) is 2. The standard InChI is InChI=1S/C15H14F3N3O5S2/c1-26-9-4-2-8(3-5-9)14-20-11-6-10(15(16,17)18)12(27(19,22)23)7-13(11)28(24,25)21-14/h2-7,14,20-21H,1H3,(H2,19,22,23). The Morgan fingerprint density at radius 1 is 1.14 bits per heavy atom. The van der Waals surface area contributed by atoms with Crippen LogP contribution in [0.15, 0.2) is 46.2 Å². The van der Waals surface area contributed by atoms with Crippen molar-refractivity contribution in [2.24, 2.45) is 5.14 Å².